The molecule has 364 valence electrons. The van der Waals surface area contributed by atoms with Crippen LogP contribution in [0.4, 0.5) is 0 Å². The molecule has 0 aromatic heterocycles. The lowest BCUT2D eigenvalue weighted by molar-refractivity contribution is -0.202. The van der Waals surface area contributed by atoms with Crippen LogP contribution in [-0.2, 0) is 57.8 Å². The first kappa shape index (κ1) is 51.5. The molecule has 7 rings (SSSR count). The molecular weight excluding hydrogens is 907 g/mol. The monoisotopic (exact) mass is 967 g/mol. The Kier molecular flexibility index (Phi) is 18.7. The average molecular weight is 968 g/mol. The van der Waals surface area contributed by atoms with Gasteiger partial charge in [0.2, 0.25) is 0 Å². The molecule has 16 nitrogen and oxygen atoms in total. The molecule has 2 N–H and O–H groups in total. The molecule has 3 saturated heterocycles. The van der Waals surface area contributed by atoms with Crippen molar-refractivity contribution >= 4 is 31.6 Å². The summed E-state index contributed by atoms with van der Waals surface area (Å²) in [5, 5.41) is 9.68. The second-order valence-corrected chi connectivity index (χ2v) is 20.6. The number of carboxylic acids is 1. The van der Waals surface area contributed by atoms with Crippen molar-refractivity contribution in [2.24, 2.45) is 0 Å². The third-order valence-electron chi connectivity index (χ3n) is 12.0. The Balaban J connectivity index is 0.000000226. The van der Waals surface area contributed by atoms with Crippen molar-refractivity contribution in [1.82, 2.24) is 5.48 Å². The summed E-state index contributed by atoms with van der Waals surface area (Å²) in [7, 11) is -8.10. The highest BCUT2D eigenvalue weighted by atomic mass is 32.2. The Labute approximate surface area is 392 Å². The molecule has 3 heterocycles. The van der Waals surface area contributed by atoms with Crippen LogP contribution in [0.25, 0.3) is 22.3 Å². The topological polar surface area (TPSA) is 209 Å². The highest BCUT2D eigenvalue weighted by Gasteiger charge is 2.53. The summed E-state index contributed by atoms with van der Waals surface area (Å²) < 4.78 is 88.2. The number of amides is 1. The maximum atomic E-state index is 13.8. The predicted octanol–water partition coefficient (Wildman–Crippen LogP) is 6.84. The van der Waals surface area contributed by atoms with Crippen LogP contribution in [0.2, 0.25) is 0 Å². The Morgan fingerprint density at radius 1 is 0.582 bits per heavy atom. The van der Waals surface area contributed by atoms with Crippen LogP contribution in [-0.4, -0.2) is 122 Å². The zero-order valence-corrected chi connectivity index (χ0v) is 39.7. The summed E-state index contributed by atoms with van der Waals surface area (Å²) in [4.78, 5) is 30.7. The van der Waals surface area contributed by atoms with Gasteiger partial charge in [-0.3, -0.25) is 9.59 Å². The van der Waals surface area contributed by atoms with E-state index in [2.05, 4.69) is 5.48 Å². The number of hydrogen-bond donors (Lipinski definition) is 2. The van der Waals surface area contributed by atoms with E-state index in [-0.39, 0.29) is 61.9 Å². The minimum absolute atomic E-state index is 0.00595. The molecule has 1 unspecified atom stereocenters. The predicted molar refractivity (Wildman–Crippen MR) is 248 cm³/mol. The van der Waals surface area contributed by atoms with Crippen LogP contribution in [0.3, 0.4) is 0 Å². The van der Waals surface area contributed by atoms with Gasteiger partial charge in [-0.15, -0.1) is 0 Å². The van der Waals surface area contributed by atoms with Crippen molar-refractivity contribution in [3.8, 4) is 33.8 Å². The van der Waals surface area contributed by atoms with E-state index in [1.165, 1.54) is 12.1 Å². The molecule has 0 saturated carbocycles. The van der Waals surface area contributed by atoms with E-state index in [9.17, 15) is 31.5 Å². The van der Waals surface area contributed by atoms with Crippen LogP contribution in [0, 0.1) is 0 Å². The molecule has 0 aliphatic carbocycles. The number of hydrogen-bond acceptors (Lipinski definition) is 14. The van der Waals surface area contributed by atoms with E-state index in [0.717, 1.165) is 46.6 Å². The number of ether oxygens (including phenoxy) is 7. The molecule has 1 atom stereocenters. The quantitative estimate of drug-likeness (QED) is 0.0686. The van der Waals surface area contributed by atoms with Gasteiger partial charge in [-0.25, -0.2) is 27.2 Å². The second kappa shape index (κ2) is 24.4. The summed E-state index contributed by atoms with van der Waals surface area (Å²) >= 11 is 0. The lowest BCUT2D eigenvalue weighted by Crippen LogP contribution is -2.56. The summed E-state index contributed by atoms with van der Waals surface area (Å²) in [6.45, 7) is 8.27. The molecule has 0 spiro atoms. The zero-order valence-electron chi connectivity index (χ0n) is 38.0. The molecule has 4 aromatic rings. The van der Waals surface area contributed by atoms with Crippen molar-refractivity contribution in [1.29, 1.82) is 0 Å². The molecule has 1 amide bonds. The van der Waals surface area contributed by atoms with E-state index in [1.807, 2.05) is 62.4 Å². The number of nitrogens with one attached hydrogen (secondary N) is 1. The van der Waals surface area contributed by atoms with Gasteiger partial charge in [0, 0.05) is 65.5 Å². The molecule has 67 heavy (non-hydrogen) atoms. The summed E-state index contributed by atoms with van der Waals surface area (Å²) in [6, 6.07) is 27.9. The molecule has 0 radical (unpaired) electrons. The van der Waals surface area contributed by atoms with Crippen LogP contribution >= 0.6 is 0 Å². The summed E-state index contributed by atoms with van der Waals surface area (Å²) in [5.41, 5.74) is 5.88. The van der Waals surface area contributed by atoms with Gasteiger partial charge < -0.3 is 38.3 Å². The molecule has 3 aliphatic rings. The van der Waals surface area contributed by atoms with E-state index in [4.69, 9.17) is 38.0 Å². The fourth-order valence-corrected chi connectivity index (χ4v) is 11.8. The Bertz CT molecular complexity index is 2390. The number of carbonyl (C=O) groups is 2. The third-order valence-corrected chi connectivity index (χ3v) is 17.0. The van der Waals surface area contributed by atoms with Gasteiger partial charge in [-0.05, 0) is 110 Å². The van der Waals surface area contributed by atoms with Crippen molar-refractivity contribution in [3.05, 3.63) is 97.1 Å². The first-order valence-electron chi connectivity index (χ1n) is 22.6. The molecule has 0 bridgehead atoms. The Morgan fingerprint density at radius 2 is 0.985 bits per heavy atom. The maximum Gasteiger partial charge on any atom is 0.325 e. The van der Waals surface area contributed by atoms with Gasteiger partial charge in [-0.2, -0.15) is 0 Å². The molecule has 18 heteroatoms. The van der Waals surface area contributed by atoms with E-state index < -0.39 is 47.3 Å². The van der Waals surface area contributed by atoms with E-state index >= 15 is 0 Å². The van der Waals surface area contributed by atoms with Gasteiger partial charge >= 0.3 is 5.97 Å². The number of sulfone groups is 2. The van der Waals surface area contributed by atoms with Crippen LogP contribution in [0.15, 0.2) is 107 Å². The highest BCUT2D eigenvalue weighted by Crippen LogP contribution is 2.38. The molecule has 4 aromatic carbocycles. The number of hydroxylamine groups is 1. The fraction of sp³-hybridized carbons (Fsp3) is 0.469. The highest BCUT2D eigenvalue weighted by molar-refractivity contribution is 7.94. The lowest BCUT2D eigenvalue weighted by atomic mass is 9.98. The minimum Gasteiger partial charge on any atom is -0.491 e. The molecule has 3 fully saturated rings. The fourth-order valence-electron chi connectivity index (χ4n) is 7.95. The van der Waals surface area contributed by atoms with Gasteiger partial charge in [-0.1, -0.05) is 48.5 Å². The van der Waals surface area contributed by atoms with Gasteiger partial charge in [0.05, 0.1) is 23.0 Å². The smallest absolute Gasteiger partial charge is 0.325 e. The van der Waals surface area contributed by atoms with Crippen molar-refractivity contribution < 1.29 is 69.5 Å². The Morgan fingerprint density at radius 3 is 1.37 bits per heavy atom. The van der Waals surface area contributed by atoms with Crippen molar-refractivity contribution in [2.75, 3.05) is 72.7 Å². The number of rotatable bonds is 20. The normalized spacial score (nSPS) is 18.1. The lowest BCUT2D eigenvalue weighted by Gasteiger charge is -2.35. The maximum absolute atomic E-state index is 13.8. The number of carboxylic acid groups (broad SMARTS) is 1. The summed E-state index contributed by atoms with van der Waals surface area (Å²) in [6.07, 6.45) is 1.91. The average Bonchev–Trinajstić information content (AvgIpc) is 3.37. The minimum atomic E-state index is -4.06. The van der Waals surface area contributed by atoms with Crippen LogP contribution in [0.1, 0.15) is 58.8 Å². The van der Waals surface area contributed by atoms with Crippen molar-refractivity contribution in [3.63, 3.8) is 0 Å². The number of aliphatic carboxylic acids is 1. The molecular formula is C49H61NO15S2. The van der Waals surface area contributed by atoms with Gasteiger partial charge in [0.25, 0.3) is 5.91 Å². The zero-order chi connectivity index (χ0) is 47.8. The molecule has 3 aliphatic heterocycles. The first-order valence-corrected chi connectivity index (χ1v) is 25.6. The first-order chi connectivity index (χ1) is 32.4. The Hall–Kier alpha value is -4.92. The van der Waals surface area contributed by atoms with Crippen LogP contribution in [0.5, 0.6) is 11.5 Å². The largest absolute Gasteiger partial charge is 0.491 e. The van der Waals surface area contributed by atoms with Crippen LogP contribution < -0.4 is 15.0 Å². The van der Waals surface area contributed by atoms with Crippen molar-refractivity contribution in [2.45, 2.75) is 84.4 Å². The third kappa shape index (κ3) is 12.6. The second-order valence-electron chi connectivity index (χ2n) is 16.1. The van der Waals surface area contributed by atoms with E-state index in [1.54, 1.807) is 36.4 Å². The number of carbonyl (C=O) groups excluding carboxylic acids is 1. The van der Waals surface area contributed by atoms with Gasteiger partial charge in [0.15, 0.2) is 35.5 Å². The standard InChI is InChI=1S/C27H35NO8S.C22H26O7S/c1-2-32-19-20-34-23-10-6-21(7-11-23)22-8-12-24(13-9-22)37(30,31)27(14-17-33-18-15-27)26(29)28-36-25-5-3-4-16-35-25;1-2-27-15-16-29-19-7-3-17(4-8-19)18-5-9-20(10-6-18)30(25,26)22(21(23)24)11-13-28-14-12-22/h6-13,25H,2-5,14-20H2,1H3,(H,28,29);3-10H,2,11-16H2,1H3,(H,23,24). The summed E-state index contributed by atoms with van der Waals surface area (Å²) in [5.74, 6) is -0.555. The number of benzene rings is 4. The SMILES string of the molecule is CCOCCOc1ccc(-c2ccc(S(=O)(=O)C3(C(=O)NOC4CCCCO4)CCOCC3)cc2)cc1.CCOCCOc1ccc(-c2ccc(S(=O)(=O)C3(C(=O)O)CCOCC3)cc2)cc1. The van der Waals surface area contributed by atoms with Gasteiger partial charge in [0.1, 0.15) is 24.7 Å². The van der Waals surface area contributed by atoms with E-state index in [0.29, 0.717) is 52.7 Å².